The van der Waals surface area contributed by atoms with Gasteiger partial charge in [0, 0.05) is 30.5 Å². The molecule has 1 unspecified atom stereocenters. The maximum absolute atomic E-state index is 13.1. The fourth-order valence-corrected chi connectivity index (χ4v) is 5.13. The first-order chi connectivity index (χ1) is 19.6. The number of nitrogens with one attached hydrogen (secondary N) is 2. The van der Waals surface area contributed by atoms with Crippen molar-refractivity contribution >= 4 is 11.7 Å². The van der Waals surface area contributed by atoms with E-state index in [1.807, 2.05) is 54.9 Å². The third kappa shape index (κ3) is 7.17. The van der Waals surface area contributed by atoms with Gasteiger partial charge in [0.25, 0.3) is 0 Å². The van der Waals surface area contributed by atoms with Gasteiger partial charge in [-0.2, -0.15) is 0 Å². The number of nitrogens with zero attached hydrogens (tertiary/aromatic N) is 1. The Morgan fingerprint density at radius 3 is 2.30 bits per heavy atom. The maximum atomic E-state index is 13.1. The number of ether oxygens (including phenoxy) is 2. The highest BCUT2D eigenvalue weighted by atomic mass is 19.1. The summed E-state index contributed by atoms with van der Waals surface area (Å²) in [6.07, 6.45) is 9.16. The van der Waals surface area contributed by atoms with E-state index in [1.54, 1.807) is 19.2 Å². The summed E-state index contributed by atoms with van der Waals surface area (Å²) in [5.41, 5.74) is 4.93. The molecule has 1 atom stereocenters. The molecule has 0 saturated heterocycles. The third-order valence-electron chi connectivity index (χ3n) is 7.31. The van der Waals surface area contributed by atoms with Crippen LogP contribution >= 0.6 is 0 Å². The normalized spacial score (nSPS) is 13.9. The number of urea groups is 1. The standard InChI is InChI=1S/C33H34FN3O3/c1-39-31-15-10-26(21-32(31)40-29-4-2-3-5-29)30(20-23-16-18-35-19-17-23)25-8-13-28(14-9-25)37-33(38)36-22-24-6-11-27(34)12-7-24/h6-19,21,29-30H,2-5,20,22H2,1H3,(H2,36,37,38). The summed E-state index contributed by atoms with van der Waals surface area (Å²) in [4.78, 5) is 16.6. The fourth-order valence-electron chi connectivity index (χ4n) is 5.13. The topological polar surface area (TPSA) is 72.5 Å². The number of aromatic nitrogens is 1. The van der Waals surface area contributed by atoms with Crippen molar-refractivity contribution in [3.05, 3.63) is 119 Å². The Bertz CT molecular complexity index is 1390. The second-order valence-corrected chi connectivity index (χ2v) is 10.1. The molecule has 1 aromatic heterocycles. The number of hydrogen-bond acceptors (Lipinski definition) is 4. The van der Waals surface area contributed by atoms with Crippen LogP contribution in [0.5, 0.6) is 11.5 Å². The molecule has 1 aliphatic rings. The number of amides is 2. The number of methoxy groups -OCH3 is 1. The van der Waals surface area contributed by atoms with E-state index in [9.17, 15) is 9.18 Å². The molecule has 0 spiro atoms. The number of pyridine rings is 1. The van der Waals surface area contributed by atoms with Crippen LogP contribution in [0.1, 0.15) is 53.9 Å². The van der Waals surface area contributed by atoms with Crippen LogP contribution in [0.2, 0.25) is 0 Å². The molecule has 0 radical (unpaired) electrons. The van der Waals surface area contributed by atoms with E-state index in [0.717, 1.165) is 47.5 Å². The van der Waals surface area contributed by atoms with E-state index in [-0.39, 0.29) is 23.9 Å². The molecule has 7 heteroatoms. The second kappa shape index (κ2) is 13.1. The van der Waals surface area contributed by atoms with Crippen molar-refractivity contribution in [1.82, 2.24) is 10.3 Å². The van der Waals surface area contributed by atoms with Crippen molar-refractivity contribution in [1.29, 1.82) is 0 Å². The van der Waals surface area contributed by atoms with Gasteiger partial charge in [0.2, 0.25) is 0 Å². The molecule has 1 heterocycles. The van der Waals surface area contributed by atoms with Crippen molar-refractivity contribution in [2.24, 2.45) is 0 Å². The van der Waals surface area contributed by atoms with Crippen molar-refractivity contribution in [3.8, 4) is 11.5 Å². The minimum Gasteiger partial charge on any atom is -0.493 e. The Morgan fingerprint density at radius 1 is 0.900 bits per heavy atom. The number of benzene rings is 3. The van der Waals surface area contributed by atoms with Crippen LogP contribution in [0.15, 0.2) is 91.3 Å². The fraction of sp³-hybridized carbons (Fsp3) is 0.273. The number of carbonyl (C=O) groups excluding carboxylic acids is 1. The van der Waals surface area contributed by atoms with Gasteiger partial charge in [-0.1, -0.05) is 30.3 Å². The predicted molar refractivity (Wildman–Crippen MR) is 154 cm³/mol. The summed E-state index contributed by atoms with van der Waals surface area (Å²) in [5, 5.41) is 5.68. The minimum absolute atomic E-state index is 0.0561. The van der Waals surface area contributed by atoms with Crippen molar-refractivity contribution in [3.63, 3.8) is 0 Å². The second-order valence-electron chi connectivity index (χ2n) is 10.1. The quantitative estimate of drug-likeness (QED) is 0.223. The maximum Gasteiger partial charge on any atom is 0.319 e. The third-order valence-corrected chi connectivity index (χ3v) is 7.31. The van der Waals surface area contributed by atoms with Gasteiger partial charge in [-0.05, 0) is 103 Å². The molecule has 40 heavy (non-hydrogen) atoms. The first kappa shape index (κ1) is 27.2. The lowest BCUT2D eigenvalue weighted by Crippen LogP contribution is -2.28. The van der Waals surface area contributed by atoms with Crippen LogP contribution < -0.4 is 20.1 Å². The molecule has 0 bridgehead atoms. The van der Waals surface area contributed by atoms with Gasteiger partial charge in [0.1, 0.15) is 5.82 Å². The Hall–Kier alpha value is -4.39. The van der Waals surface area contributed by atoms with Crippen LogP contribution in [0.3, 0.4) is 0 Å². The first-order valence-electron chi connectivity index (χ1n) is 13.7. The first-order valence-corrected chi connectivity index (χ1v) is 13.7. The molecule has 2 N–H and O–H groups in total. The molecule has 5 rings (SSSR count). The van der Waals surface area contributed by atoms with Crippen LogP contribution in [0.25, 0.3) is 0 Å². The summed E-state index contributed by atoms with van der Waals surface area (Å²) >= 11 is 0. The summed E-state index contributed by atoms with van der Waals surface area (Å²) in [7, 11) is 1.67. The van der Waals surface area contributed by atoms with E-state index in [2.05, 4.69) is 27.8 Å². The number of hydrogen-bond donors (Lipinski definition) is 2. The highest BCUT2D eigenvalue weighted by molar-refractivity contribution is 5.89. The average Bonchev–Trinajstić information content (AvgIpc) is 3.50. The van der Waals surface area contributed by atoms with Gasteiger partial charge in [0.15, 0.2) is 11.5 Å². The van der Waals surface area contributed by atoms with Gasteiger partial charge < -0.3 is 20.1 Å². The smallest absolute Gasteiger partial charge is 0.319 e. The van der Waals surface area contributed by atoms with Crippen molar-refractivity contribution < 1.29 is 18.7 Å². The van der Waals surface area contributed by atoms with Gasteiger partial charge in [-0.25, -0.2) is 9.18 Å². The summed E-state index contributed by atoms with van der Waals surface area (Å²) < 4.78 is 25.1. The summed E-state index contributed by atoms with van der Waals surface area (Å²) in [5.74, 6) is 1.27. The van der Waals surface area contributed by atoms with E-state index in [0.29, 0.717) is 12.2 Å². The molecule has 3 aromatic carbocycles. The number of halogens is 1. The Kier molecular flexibility index (Phi) is 8.91. The molecular weight excluding hydrogens is 505 g/mol. The Balaban J connectivity index is 1.33. The van der Waals surface area contributed by atoms with E-state index >= 15 is 0 Å². The zero-order chi connectivity index (χ0) is 27.7. The van der Waals surface area contributed by atoms with E-state index in [1.165, 1.54) is 30.5 Å². The molecule has 1 fully saturated rings. The monoisotopic (exact) mass is 539 g/mol. The molecule has 206 valence electrons. The zero-order valence-electron chi connectivity index (χ0n) is 22.6. The molecule has 6 nitrogen and oxygen atoms in total. The van der Waals surface area contributed by atoms with Crippen LogP contribution in [0.4, 0.5) is 14.9 Å². The molecule has 4 aromatic rings. The largest absolute Gasteiger partial charge is 0.493 e. The lowest BCUT2D eigenvalue weighted by atomic mass is 9.86. The Labute approximate surface area is 234 Å². The molecule has 0 aliphatic heterocycles. The highest BCUT2D eigenvalue weighted by Crippen LogP contribution is 2.37. The predicted octanol–water partition coefficient (Wildman–Crippen LogP) is 7.25. The molecule has 1 saturated carbocycles. The van der Waals surface area contributed by atoms with Gasteiger partial charge in [-0.3, -0.25) is 4.98 Å². The van der Waals surface area contributed by atoms with Crippen LogP contribution in [-0.2, 0) is 13.0 Å². The highest BCUT2D eigenvalue weighted by Gasteiger charge is 2.21. The Morgan fingerprint density at radius 2 is 1.60 bits per heavy atom. The lowest BCUT2D eigenvalue weighted by molar-refractivity contribution is 0.200. The van der Waals surface area contributed by atoms with Crippen LogP contribution in [0, 0.1) is 5.82 Å². The molecular formula is C33H34FN3O3. The van der Waals surface area contributed by atoms with Gasteiger partial charge in [0.05, 0.1) is 13.2 Å². The van der Waals surface area contributed by atoms with Gasteiger partial charge in [-0.15, -0.1) is 0 Å². The van der Waals surface area contributed by atoms with E-state index < -0.39 is 0 Å². The molecule has 2 amide bonds. The summed E-state index contributed by atoms with van der Waals surface area (Å²) in [6, 6.07) is 23.9. The van der Waals surface area contributed by atoms with Crippen LogP contribution in [-0.4, -0.2) is 24.2 Å². The summed E-state index contributed by atoms with van der Waals surface area (Å²) in [6.45, 7) is 0.306. The SMILES string of the molecule is COc1ccc(C(Cc2ccncc2)c2ccc(NC(=O)NCc3ccc(F)cc3)cc2)cc1OC1CCCC1. The van der Waals surface area contributed by atoms with Crippen molar-refractivity contribution in [2.75, 3.05) is 12.4 Å². The van der Waals surface area contributed by atoms with E-state index in [4.69, 9.17) is 9.47 Å². The van der Waals surface area contributed by atoms with Gasteiger partial charge >= 0.3 is 6.03 Å². The average molecular weight is 540 g/mol. The zero-order valence-corrected chi connectivity index (χ0v) is 22.6. The number of anilines is 1. The molecule has 1 aliphatic carbocycles. The lowest BCUT2D eigenvalue weighted by Gasteiger charge is -2.22. The number of rotatable bonds is 10. The van der Waals surface area contributed by atoms with Crippen molar-refractivity contribution in [2.45, 2.75) is 50.7 Å². The number of carbonyl (C=O) groups is 1. The minimum atomic E-state index is -0.325.